The van der Waals surface area contributed by atoms with E-state index in [-0.39, 0.29) is 5.56 Å². The van der Waals surface area contributed by atoms with E-state index in [1.165, 1.54) is 30.3 Å². The van der Waals surface area contributed by atoms with Crippen molar-refractivity contribution in [3.05, 3.63) is 82.0 Å². The largest absolute Gasteiger partial charge is 0.422 e. The normalized spacial score (nSPS) is 13.4. The summed E-state index contributed by atoms with van der Waals surface area (Å²) in [6, 6.07) is 13.0. The lowest BCUT2D eigenvalue weighted by molar-refractivity contribution is 0.0848. The van der Waals surface area contributed by atoms with E-state index in [0.29, 0.717) is 16.5 Å². The Morgan fingerprint density at radius 2 is 1.84 bits per heavy atom. The molecule has 1 amide bonds. The summed E-state index contributed by atoms with van der Waals surface area (Å²) in [6.45, 7) is 1.59. The van der Waals surface area contributed by atoms with Gasteiger partial charge in [0.15, 0.2) is 0 Å². The van der Waals surface area contributed by atoms with Crippen LogP contribution < -0.4 is 10.9 Å². The highest BCUT2D eigenvalue weighted by molar-refractivity contribution is 5.96. The Kier molecular flexibility index (Phi) is 4.63. The third-order valence-electron chi connectivity index (χ3n) is 3.93. The number of fused-ring (bicyclic) bond motifs is 1. The van der Waals surface area contributed by atoms with Crippen LogP contribution in [0.1, 0.15) is 28.9 Å². The molecule has 3 aromatic rings. The van der Waals surface area contributed by atoms with Crippen LogP contribution in [0.3, 0.4) is 0 Å². The minimum atomic E-state index is -1.04. The highest BCUT2D eigenvalue weighted by Gasteiger charge is 2.21. The molecule has 2 aromatic carbocycles. The van der Waals surface area contributed by atoms with Gasteiger partial charge in [0.2, 0.25) is 0 Å². The number of benzene rings is 2. The average molecular weight is 341 g/mol. The second-order valence-corrected chi connectivity index (χ2v) is 5.74. The van der Waals surface area contributed by atoms with Crippen LogP contribution in [0.25, 0.3) is 11.0 Å². The summed E-state index contributed by atoms with van der Waals surface area (Å²) < 4.78 is 18.1. The zero-order valence-electron chi connectivity index (χ0n) is 13.4. The minimum Gasteiger partial charge on any atom is -0.422 e. The van der Waals surface area contributed by atoms with Gasteiger partial charge in [0.05, 0.1) is 12.1 Å². The number of rotatable bonds is 4. The highest BCUT2D eigenvalue weighted by atomic mass is 19.1. The topological polar surface area (TPSA) is 79.5 Å². The molecule has 2 atom stereocenters. The van der Waals surface area contributed by atoms with E-state index >= 15 is 0 Å². The van der Waals surface area contributed by atoms with Gasteiger partial charge in [-0.3, -0.25) is 4.79 Å². The highest BCUT2D eigenvalue weighted by Crippen LogP contribution is 2.18. The van der Waals surface area contributed by atoms with Crippen LogP contribution >= 0.6 is 0 Å². The van der Waals surface area contributed by atoms with Crippen LogP contribution in [0.5, 0.6) is 0 Å². The van der Waals surface area contributed by atoms with Crippen LogP contribution in [0.2, 0.25) is 0 Å². The van der Waals surface area contributed by atoms with Crippen LogP contribution in [-0.4, -0.2) is 17.1 Å². The van der Waals surface area contributed by atoms with E-state index in [9.17, 15) is 19.1 Å². The fraction of sp³-hybridized carbons (Fsp3) is 0.158. The van der Waals surface area contributed by atoms with Gasteiger partial charge in [0.1, 0.15) is 17.0 Å². The van der Waals surface area contributed by atoms with Gasteiger partial charge in [-0.15, -0.1) is 0 Å². The van der Waals surface area contributed by atoms with Gasteiger partial charge in [0, 0.05) is 5.39 Å². The van der Waals surface area contributed by atoms with Gasteiger partial charge in [-0.2, -0.15) is 0 Å². The number of aliphatic hydroxyl groups is 1. The Bertz CT molecular complexity index is 965. The van der Waals surface area contributed by atoms with Gasteiger partial charge < -0.3 is 14.8 Å². The predicted molar refractivity (Wildman–Crippen MR) is 90.8 cm³/mol. The quantitative estimate of drug-likeness (QED) is 0.715. The molecule has 25 heavy (non-hydrogen) atoms. The molecular weight excluding hydrogens is 325 g/mol. The Hall–Kier alpha value is -2.99. The summed E-state index contributed by atoms with van der Waals surface area (Å²) in [5, 5.41) is 13.5. The first-order valence-electron chi connectivity index (χ1n) is 7.73. The Balaban J connectivity index is 1.80. The lowest BCUT2D eigenvalue weighted by Gasteiger charge is -2.20. The monoisotopic (exact) mass is 341 g/mol. The van der Waals surface area contributed by atoms with Gasteiger partial charge in [-0.1, -0.05) is 30.3 Å². The lowest BCUT2D eigenvalue weighted by atomic mass is 10.0. The second kappa shape index (κ2) is 6.86. The van der Waals surface area contributed by atoms with Crippen molar-refractivity contribution >= 4 is 16.9 Å². The molecule has 0 saturated carbocycles. The molecule has 0 aliphatic heterocycles. The maximum absolute atomic E-state index is 13.0. The molecule has 1 aromatic heterocycles. The molecule has 0 aliphatic carbocycles. The van der Waals surface area contributed by atoms with Crippen molar-refractivity contribution in [3.8, 4) is 0 Å². The zero-order chi connectivity index (χ0) is 18.0. The number of para-hydroxylation sites is 1. The van der Waals surface area contributed by atoms with Crippen molar-refractivity contribution in [1.29, 1.82) is 0 Å². The molecule has 128 valence electrons. The number of carbonyl (C=O) groups excluding carboxylic acids is 1. The number of carbonyl (C=O) groups is 1. The molecule has 0 aliphatic rings. The van der Waals surface area contributed by atoms with E-state index in [1.807, 2.05) is 0 Å². The Morgan fingerprint density at radius 1 is 1.16 bits per heavy atom. The van der Waals surface area contributed by atoms with Gasteiger partial charge in [-0.25, -0.2) is 9.18 Å². The Morgan fingerprint density at radius 3 is 2.56 bits per heavy atom. The summed E-state index contributed by atoms with van der Waals surface area (Å²) >= 11 is 0. The minimum absolute atomic E-state index is 0.142. The van der Waals surface area contributed by atoms with E-state index in [0.717, 1.165) is 0 Å². The van der Waals surface area contributed by atoms with E-state index in [1.54, 1.807) is 31.2 Å². The second-order valence-electron chi connectivity index (χ2n) is 5.74. The average Bonchev–Trinajstić information content (AvgIpc) is 2.61. The molecule has 0 saturated heterocycles. The Labute approximate surface area is 142 Å². The summed E-state index contributed by atoms with van der Waals surface area (Å²) in [6.07, 6.45) is -1.04. The van der Waals surface area contributed by atoms with Crippen molar-refractivity contribution in [2.75, 3.05) is 0 Å². The maximum atomic E-state index is 13.0. The van der Waals surface area contributed by atoms with E-state index < -0.39 is 29.5 Å². The van der Waals surface area contributed by atoms with Crippen LogP contribution in [0, 0.1) is 5.82 Å². The molecule has 5 nitrogen and oxygen atoms in total. The maximum Gasteiger partial charge on any atom is 0.349 e. The summed E-state index contributed by atoms with van der Waals surface area (Å²) in [5.41, 5.74) is -0.0419. The number of hydrogen-bond donors (Lipinski definition) is 2. The van der Waals surface area contributed by atoms with Gasteiger partial charge in [0.25, 0.3) is 5.91 Å². The first-order valence-corrected chi connectivity index (χ1v) is 7.73. The first-order chi connectivity index (χ1) is 12.0. The predicted octanol–water partition coefficient (Wildman–Crippen LogP) is 2.78. The van der Waals surface area contributed by atoms with Crippen LogP contribution in [0.15, 0.2) is 63.8 Å². The lowest BCUT2D eigenvalue weighted by Crippen LogP contribution is -2.38. The smallest absolute Gasteiger partial charge is 0.349 e. The number of hydrogen-bond acceptors (Lipinski definition) is 4. The molecule has 3 rings (SSSR count). The van der Waals surface area contributed by atoms with Crippen molar-refractivity contribution < 1.29 is 18.7 Å². The fourth-order valence-corrected chi connectivity index (χ4v) is 2.53. The standard InChI is InChI=1S/C19H16FNO4/c1-11(17(22)12-6-8-14(20)9-7-12)21-18(23)15-10-13-4-2-3-5-16(13)25-19(15)24/h2-11,17,22H,1H3,(H,21,23)/t11-,17-/m1/s1. The summed E-state index contributed by atoms with van der Waals surface area (Å²) in [7, 11) is 0. The van der Waals surface area contributed by atoms with Gasteiger partial charge in [-0.05, 0) is 36.8 Å². The third kappa shape index (κ3) is 3.59. The summed E-state index contributed by atoms with van der Waals surface area (Å²) in [4.78, 5) is 24.4. The molecule has 0 bridgehead atoms. The van der Waals surface area contributed by atoms with Crippen LogP contribution in [0.4, 0.5) is 4.39 Å². The number of aliphatic hydroxyl groups excluding tert-OH is 1. The molecule has 0 spiro atoms. The van der Waals surface area contributed by atoms with Crippen molar-refractivity contribution in [2.24, 2.45) is 0 Å². The molecule has 6 heteroatoms. The number of amides is 1. The van der Waals surface area contributed by atoms with Crippen molar-refractivity contribution in [1.82, 2.24) is 5.32 Å². The zero-order valence-corrected chi connectivity index (χ0v) is 13.4. The summed E-state index contributed by atoms with van der Waals surface area (Å²) in [5.74, 6) is -1.06. The SMILES string of the molecule is C[C@@H](NC(=O)c1cc2ccccc2oc1=O)[C@@H](O)c1ccc(F)cc1. The molecular formula is C19H16FNO4. The fourth-order valence-electron chi connectivity index (χ4n) is 2.53. The third-order valence-corrected chi connectivity index (χ3v) is 3.93. The molecule has 2 N–H and O–H groups in total. The van der Waals surface area contributed by atoms with Crippen LogP contribution in [-0.2, 0) is 0 Å². The van der Waals surface area contributed by atoms with Crippen molar-refractivity contribution in [2.45, 2.75) is 19.1 Å². The number of nitrogens with one attached hydrogen (secondary N) is 1. The molecule has 0 unspecified atom stereocenters. The van der Waals surface area contributed by atoms with E-state index in [4.69, 9.17) is 4.42 Å². The molecule has 0 radical (unpaired) electrons. The number of halogens is 1. The van der Waals surface area contributed by atoms with E-state index in [2.05, 4.69) is 5.32 Å². The van der Waals surface area contributed by atoms with Gasteiger partial charge >= 0.3 is 5.63 Å². The first kappa shape index (κ1) is 16.9. The molecule has 1 heterocycles. The molecule has 0 fully saturated rings. The van der Waals surface area contributed by atoms with Crippen molar-refractivity contribution in [3.63, 3.8) is 0 Å².